The lowest BCUT2D eigenvalue weighted by atomic mass is 10.0. The molecule has 1 N–H and O–H groups in total. The summed E-state index contributed by atoms with van der Waals surface area (Å²) in [6.45, 7) is 2.56. The molecule has 2 aromatic carbocycles. The van der Waals surface area contributed by atoms with E-state index < -0.39 is 0 Å². The largest absolute Gasteiger partial charge is 0.380 e. The van der Waals surface area contributed by atoms with E-state index >= 15 is 0 Å². The van der Waals surface area contributed by atoms with Gasteiger partial charge in [-0.1, -0.05) is 48.3 Å². The maximum absolute atomic E-state index is 12.7. The van der Waals surface area contributed by atoms with Crippen LogP contribution in [-0.4, -0.2) is 18.0 Å². The van der Waals surface area contributed by atoms with Gasteiger partial charge < -0.3 is 10.1 Å². The van der Waals surface area contributed by atoms with Crippen molar-refractivity contribution in [2.45, 2.75) is 20.0 Å². The van der Waals surface area contributed by atoms with Gasteiger partial charge in [-0.2, -0.15) is 0 Å². The van der Waals surface area contributed by atoms with Gasteiger partial charge in [-0.3, -0.25) is 9.78 Å². The Balaban J connectivity index is 2.06. The van der Waals surface area contributed by atoms with Crippen LogP contribution in [0.3, 0.4) is 0 Å². The first-order valence-electron chi connectivity index (χ1n) is 8.20. The van der Waals surface area contributed by atoms with Gasteiger partial charge >= 0.3 is 0 Å². The minimum absolute atomic E-state index is 0.245. The zero-order chi connectivity index (χ0) is 18.7. The van der Waals surface area contributed by atoms with E-state index in [4.69, 9.17) is 27.9 Å². The van der Waals surface area contributed by atoms with Crippen molar-refractivity contribution < 1.29 is 9.53 Å². The number of hydrogen-bond donors (Lipinski definition) is 1. The van der Waals surface area contributed by atoms with Gasteiger partial charge in [-0.25, -0.2) is 0 Å². The molecule has 0 atom stereocenters. The average molecular weight is 389 g/mol. The smallest absolute Gasteiger partial charge is 0.258 e. The van der Waals surface area contributed by atoms with Crippen LogP contribution >= 0.6 is 23.2 Å². The number of para-hydroxylation sites is 1. The normalized spacial score (nSPS) is 10.9. The molecule has 1 heterocycles. The first kappa shape index (κ1) is 18.6. The molecule has 1 amide bonds. The van der Waals surface area contributed by atoms with E-state index in [0.29, 0.717) is 27.9 Å². The fourth-order valence-corrected chi connectivity index (χ4v) is 3.51. The van der Waals surface area contributed by atoms with Gasteiger partial charge in [0.15, 0.2) is 0 Å². The Labute approximate surface area is 162 Å². The molecule has 0 aliphatic heterocycles. The third-order valence-electron chi connectivity index (χ3n) is 4.21. The van der Waals surface area contributed by atoms with Gasteiger partial charge in [-0.05, 0) is 35.7 Å². The number of hydrogen-bond acceptors (Lipinski definition) is 3. The molecule has 0 saturated heterocycles. The van der Waals surface area contributed by atoms with Crippen LogP contribution in [0.4, 0.5) is 5.69 Å². The molecule has 0 saturated carbocycles. The van der Waals surface area contributed by atoms with Gasteiger partial charge in [0.1, 0.15) is 0 Å². The number of fused-ring (bicyclic) bond motifs is 1. The van der Waals surface area contributed by atoms with Crippen LogP contribution in [-0.2, 0) is 17.8 Å². The van der Waals surface area contributed by atoms with E-state index in [-0.39, 0.29) is 11.5 Å². The number of aryl methyl sites for hydroxylation is 1. The molecule has 3 rings (SSSR count). The molecule has 0 unspecified atom stereocenters. The summed E-state index contributed by atoms with van der Waals surface area (Å²) in [6, 6.07) is 10.6. The number of methoxy groups -OCH3 is 1. The number of carbonyl (C=O) groups is 1. The highest BCUT2D eigenvalue weighted by molar-refractivity contribution is 6.40. The minimum atomic E-state index is -0.372. The number of amides is 1. The lowest BCUT2D eigenvalue weighted by molar-refractivity contribution is 0.102. The van der Waals surface area contributed by atoms with Gasteiger partial charge in [0.05, 0.1) is 33.4 Å². The number of nitrogens with one attached hydrogen (secondary N) is 1. The fourth-order valence-electron chi connectivity index (χ4n) is 2.94. The zero-order valence-corrected chi connectivity index (χ0v) is 16.0. The summed E-state index contributed by atoms with van der Waals surface area (Å²) in [5.74, 6) is -0.372. The van der Waals surface area contributed by atoms with Crippen LogP contribution in [0.15, 0.2) is 42.6 Å². The summed E-state index contributed by atoms with van der Waals surface area (Å²) >= 11 is 12.3. The van der Waals surface area contributed by atoms with E-state index in [1.165, 1.54) is 0 Å². The Morgan fingerprint density at radius 1 is 1.15 bits per heavy atom. The topological polar surface area (TPSA) is 51.2 Å². The van der Waals surface area contributed by atoms with Crippen molar-refractivity contribution in [1.82, 2.24) is 4.98 Å². The second kappa shape index (κ2) is 8.04. The van der Waals surface area contributed by atoms with Crippen LogP contribution in [0.5, 0.6) is 0 Å². The van der Waals surface area contributed by atoms with Crippen LogP contribution in [0.1, 0.15) is 28.4 Å². The fraction of sp³-hybridized carbons (Fsp3) is 0.200. The maximum Gasteiger partial charge on any atom is 0.258 e. The van der Waals surface area contributed by atoms with Gasteiger partial charge in [0.25, 0.3) is 5.91 Å². The van der Waals surface area contributed by atoms with Crippen LogP contribution in [0.2, 0.25) is 10.0 Å². The minimum Gasteiger partial charge on any atom is -0.380 e. The van der Waals surface area contributed by atoms with E-state index in [1.54, 1.807) is 31.4 Å². The van der Waals surface area contributed by atoms with Crippen LogP contribution in [0, 0.1) is 0 Å². The third kappa shape index (κ3) is 3.54. The Bertz CT molecular complexity index is 953. The van der Waals surface area contributed by atoms with E-state index in [0.717, 1.165) is 22.9 Å². The highest BCUT2D eigenvalue weighted by atomic mass is 35.5. The molecule has 6 heteroatoms. The molecule has 0 aliphatic carbocycles. The molecular formula is C20H18Cl2N2O2. The van der Waals surface area contributed by atoms with E-state index in [1.807, 2.05) is 18.3 Å². The van der Waals surface area contributed by atoms with Crippen molar-refractivity contribution >= 4 is 45.7 Å². The lowest BCUT2D eigenvalue weighted by Crippen LogP contribution is -2.14. The first-order valence-corrected chi connectivity index (χ1v) is 8.96. The van der Waals surface area contributed by atoms with Crippen molar-refractivity contribution in [3.63, 3.8) is 0 Å². The van der Waals surface area contributed by atoms with Crippen molar-refractivity contribution in [1.29, 1.82) is 0 Å². The van der Waals surface area contributed by atoms with Crippen molar-refractivity contribution in [2.24, 2.45) is 0 Å². The lowest BCUT2D eigenvalue weighted by Gasteiger charge is -2.14. The summed E-state index contributed by atoms with van der Waals surface area (Å²) < 4.78 is 5.35. The van der Waals surface area contributed by atoms with Gasteiger partial charge in [0.2, 0.25) is 0 Å². The van der Waals surface area contributed by atoms with Crippen molar-refractivity contribution in [3.05, 3.63) is 69.3 Å². The molecule has 3 aromatic rings. The maximum atomic E-state index is 12.7. The molecule has 0 bridgehead atoms. The predicted molar refractivity (Wildman–Crippen MR) is 106 cm³/mol. The van der Waals surface area contributed by atoms with Crippen molar-refractivity contribution in [3.8, 4) is 0 Å². The standard InChI is InChI=1S/C20H18Cl2N2O2/c1-3-12-10-23-19-13(14(12)11-26-2)6-4-9-17(19)24-20(25)18-15(21)7-5-8-16(18)22/h4-10H,3,11H2,1-2H3,(H,24,25). The Hall–Kier alpha value is -2.14. The second-order valence-corrected chi connectivity index (χ2v) is 6.62. The monoisotopic (exact) mass is 388 g/mol. The molecule has 0 spiro atoms. The van der Waals surface area contributed by atoms with Gasteiger partial charge in [0, 0.05) is 18.7 Å². The highest BCUT2D eigenvalue weighted by Crippen LogP contribution is 2.29. The van der Waals surface area contributed by atoms with Gasteiger partial charge in [-0.15, -0.1) is 0 Å². The summed E-state index contributed by atoms with van der Waals surface area (Å²) in [7, 11) is 1.66. The molecule has 1 aromatic heterocycles. The molecule has 0 fully saturated rings. The Morgan fingerprint density at radius 3 is 2.50 bits per heavy atom. The summed E-state index contributed by atoms with van der Waals surface area (Å²) in [6.07, 6.45) is 2.68. The molecule has 134 valence electrons. The number of halogens is 2. The Kier molecular flexibility index (Phi) is 5.77. The SMILES string of the molecule is CCc1cnc2c(NC(=O)c3c(Cl)cccc3Cl)cccc2c1COC. The average Bonchev–Trinajstić information content (AvgIpc) is 2.62. The molecule has 0 aliphatic rings. The van der Waals surface area contributed by atoms with Crippen molar-refractivity contribution in [2.75, 3.05) is 12.4 Å². The van der Waals surface area contributed by atoms with E-state index in [2.05, 4.69) is 17.2 Å². The number of nitrogens with zero attached hydrogens (tertiary/aromatic N) is 1. The Morgan fingerprint density at radius 2 is 1.85 bits per heavy atom. The number of carbonyl (C=O) groups excluding carboxylic acids is 1. The molecular weight excluding hydrogens is 371 g/mol. The highest BCUT2D eigenvalue weighted by Gasteiger charge is 2.17. The third-order valence-corrected chi connectivity index (χ3v) is 4.84. The van der Waals surface area contributed by atoms with E-state index in [9.17, 15) is 4.79 Å². The molecule has 4 nitrogen and oxygen atoms in total. The number of pyridine rings is 1. The number of anilines is 1. The predicted octanol–water partition coefficient (Wildman–Crippen LogP) is 5.50. The molecule has 26 heavy (non-hydrogen) atoms. The zero-order valence-electron chi connectivity index (χ0n) is 14.5. The summed E-state index contributed by atoms with van der Waals surface area (Å²) in [4.78, 5) is 17.3. The number of ether oxygens (including phenoxy) is 1. The summed E-state index contributed by atoms with van der Waals surface area (Å²) in [5.41, 5.74) is 3.75. The summed E-state index contributed by atoms with van der Waals surface area (Å²) in [5, 5.41) is 4.44. The van der Waals surface area contributed by atoms with Crippen LogP contribution in [0.25, 0.3) is 10.9 Å². The second-order valence-electron chi connectivity index (χ2n) is 5.80. The quantitative estimate of drug-likeness (QED) is 0.627. The number of rotatable bonds is 5. The molecule has 0 radical (unpaired) electrons. The number of benzene rings is 2. The first-order chi connectivity index (χ1) is 12.6. The number of aromatic nitrogens is 1. The van der Waals surface area contributed by atoms with Crippen LogP contribution < -0.4 is 5.32 Å².